The monoisotopic (exact) mass is 189 g/mol. The molecule has 0 aliphatic carbocycles. The minimum atomic E-state index is -0.319. The molecular formula is C9H20NOP. The Labute approximate surface area is 77.3 Å². The molecule has 0 N–H and O–H groups in total. The van der Waals surface area contributed by atoms with Gasteiger partial charge in [-0.3, -0.25) is 4.99 Å². The highest BCUT2D eigenvalue weighted by Crippen LogP contribution is 2.33. The van der Waals surface area contributed by atoms with Gasteiger partial charge in [-0.05, 0) is 6.66 Å². The topological polar surface area (TPSA) is 21.6 Å². The first-order chi connectivity index (χ1) is 5.41. The van der Waals surface area contributed by atoms with Crippen LogP contribution in [0.5, 0.6) is 0 Å². The minimum Gasteiger partial charge on any atom is -0.362 e. The highest BCUT2D eigenvalue weighted by molar-refractivity contribution is 7.52. The molecule has 0 aromatic rings. The van der Waals surface area contributed by atoms with Gasteiger partial charge in [0.1, 0.15) is 0 Å². The summed E-state index contributed by atoms with van der Waals surface area (Å²) in [6.07, 6.45) is 0.992. The average molecular weight is 189 g/mol. The van der Waals surface area contributed by atoms with Crippen LogP contribution in [0.1, 0.15) is 20.8 Å². The number of rotatable bonds is 3. The number of nitrogens with zero attached hydrogens (tertiary/aromatic N) is 1. The molecule has 0 aliphatic rings. The van der Waals surface area contributed by atoms with Gasteiger partial charge in [-0.2, -0.15) is 0 Å². The van der Waals surface area contributed by atoms with Gasteiger partial charge >= 0.3 is 0 Å². The van der Waals surface area contributed by atoms with E-state index in [4.69, 9.17) is 4.52 Å². The van der Waals surface area contributed by atoms with Crippen LogP contribution in [0.4, 0.5) is 0 Å². The molecule has 3 heteroatoms. The van der Waals surface area contributed by atoms with Gasteiger partial charge in [0.15, 0.2) is 0 Å². The molecule has 0 aromatic carbocycles. The zero-order chi connectivity index (χ0) is 9.78. The summed E-state index contributed by atoms with van der Waals surface area (Å²) in [4.78, 5) is 4.30. The van der Waals surface area contributed by atoms with Crippen molar-refractivity contribution in [2.45, 2.75) is 20.8 Å². The van der Waals surface area contributed by atoms with Crippen LogP contribution in [-0.4, -0.2) is 32.7 Å². The third-order valence-electron chi connectivity index (χ3n) is 1.82. The summed E-state index contributed by atoms with van der Waals surface area (Å²) in [5.74, 6) is 0. The van der Waals surface area contributed by atoms with Gasteiger partial charge in [-0.15, -0.1) is 0 Å². The van der Waals surface area contributed by atoms with E-state index >= 15 is 0 Å². The lowest BCUT2D eigenvalue weighted by Crippen LogP contribution is -2.23. The van der Waals surface area contributed by atoms with Gasteiger partial charge in [0.05, 0.1) is 0 Å². The Kier molecular flexibility index (Phi) is 4.96. The average Bonchev–Trinajstić information content (AvgIpc) is 1.97. The van der Waals surface area contributed by atoms with E-state index in [0.717, 1.165) is 6.16 Å². The fourth-order valence-electron chi connectivity index (χ4n) is 0.919. The molecule has 0 aliphatic heterocycles. The largest absolute Gasteiger partial charge is 0.362 e. The summed E-state index contributed by atoms with van der Waals surface area (Å²) in [5.41, 5.74) is 1.43. The highest BCUT2D eigenvalue weighted by atomic mass is 31.1. The molecule has 0 spiro atoms. The van der Waals surface area contributed by atoms with Crippen molar-refractivity contribution in [1.29, 1.82) is 0 Å². The fraction of sp³-hybridized carbons (Fsp3) is 0.889. The number of aliphatic imine (C=N–C) groups is 1. The Bertz CT molecular complexity index is 160. The van der Waals surface area contributed by atoms with Gasteiger partial charge in [0.25, 0.3) is 0 Å². The Morgan fingerprint density at radius 3 is 2.17 bits per heavy atom. The second-order valence-electron chi connectivity index (χ2n) is 3.89. The maximum atomic E-state index is 5.26. The molecule has 0 amide bonds. The standard InChI is InChI=1S/C9H20NOP/c1-9(2,3)8(10-4)7-12(6)11-5/h7H2,1-6H3. The van der Waals surface area contributed by atoms with Gasteiger partial charge in [0, 0.05) is 39.6 Å². The quantitative estimate of drug-likeness (QED) is 0.494. The summed E-state index contributed by atoms with van der Waals surface area (Å²) in [6, 6.07) is 0. The van der Waals surface area contributed by atoms with E-state index in [1.54, 1.807) is 7.11 Å². The van der Waals surface area contributed by atoms with Crippen LogP contribution in [0.25, 0.3) is 0 Å². The van der Waals surface area contributed by atoms with Gasteiger partial charge in [-0.25, -0.2) is 0 Å². The molecule has 0 rings (SSSR count). The van der Waals surface area contributed by atoms with Crippen molar-refractivity contribution in [2.24, 2.45) is 10.4 Å². The molecule has 0 aromatic heterocycles. The van der Waals surface area contributed by atoms with E-state index < -0.39 is 0 Å². The molecule has 0 bridgehead atoms. The van der Waals surface area contributed by atoms with Crippen LogP contribution >= 0.6 is 8.15 Å². The predicted octanol–water partition coefficient (Wildman–Crippen LogP) is 2.78. The lowest BCUT2D eigenvalue weighted by Gasteiger charge is -2.23. The molecule has 2 nitrogen and oxygen atoms in total. The fourth-order valence-corrected chi connectivity index (χ4v) is 2.09. The van der Waals surface area contributed by atoms with E-state index in [1.165, 1.54) is 5.71 Å². The van der Waals surface area contributed by atoms with Crippen LogP contribution in [0.15, 0.2) is 4.99 Å². The van der Waals surface area contributed by atoms with Crippen molar-refractivity contribution in [3.05, 3.63) is 0 Å². The lowest BCUT2D eigenvalue weighted by atomic mass is 9.91. The third-order valence-corrected chi connectivity index (χ3v) is 3.19. The Hall–Kier alpha value is 0.0600. The van der Waals surface area contributed by atoms with Crippen LogP contribution in [0, 0.1) is 5.41 Å². The Morgan fingerprint density at radius 1 is 1.42 bits per heavy atom. The van der Waals surface area contributed by atoms with Crippen molar-refractivity contribution < 1.29 is 4.52 Å². The highest BCUT2D eigenvalue weighted by Gasteiger charge is 2.19. The molecule has 0 fully saturated rings. The second-order valence-corrected chi connectivity index (χ2v) is 5.83. The van der Waals surface area contributed by atoms with Crippen molar-refractivity contribution in [2.75, 3.05) is 27.0 Å². The zero-order valence-corrected chi connectivity index (χ0v) is 9.90. The predicted molar refractivity (Wildman–Crippen MR) is 57.5 cm³/mol. The van der Waals surface area contributed by atoms with E-state index in [0.29, 0.717) is 0 Å². The minimum absolute atomic E-state index is 0.184. The van der Waals surface area contributed by atoms with Gasteiger partial charge < -0.3 is 4.52 Å². The molecule has 0 saturated heterocycles. The first-order valence-electron chi connectivity index (χ1n) is 4.13. The molecule has 1 unspecified atom stereocenters. The van der Waals surface area contributed by atoms with Crippen molar-refractivity contribution >= 4 is 13.9 Å². The number of hydrogen-bond donors (Lipinski definition) is 0. The summed E-state index contributed by atoms with van der Waals surface area (Å²) in [7, 11) is 3.31. The van der Waals surface area contributed by atoms with Crippen LogP contribution in [0.2, 0.25) is 0 Å². The second kappa shape index (κ2) is 4.94. The molecule has 0 saturated carbocycles. The first-order valence-corrected chi connectivity index (χ1v) is 6.02. The van der Waals surface area contributed by atoms with Crippen molar-refractivity contribution in [3.63, 3.8) is 0 Å². The SMILES string of the molecule is CN=C(CP(C)OC)C(C)(C)C. The lowest BCUT2D eigenvalue weighted by molar-refractivity contribution is 0.465. The maximum absolute atomic E-state index is 5.26. The van der Waals surface area contributed by atoms with Gasteiger partial charge in [0.2, 0.25) is 0 Å². The van der Waals surface area contributed by atoms with Crippen LogP contribution in [0.3, 0.4) is 0 Å². The summed E-state index contributed by atoms with van der Waals surface area (Å²) >= 11 is 0. The molecular weight excluding hydrogens is 169 g/mol. The summed E-state index contributed by atoms with van der Waals surface area (Å²) in [6.45, 7) is 8.70. The van der Waals surface area contributed by atoms with Crippen LogP contribution < -0.4 is 0 Å². The van der Waals surface area contributed by atoms with Crippen LogP contribution in [-0.2, 0) is 4.52 Å². The normalized spacial score (nSPS) is 16.3. The Balaban J connectivity index is 4.22. The smallest absolute Gasteiger partial charge is 0.0398 e. The molecule has 12 heavy (non-hydrogen) atoms. The van der Waals surface area contributed by atoms with E-state index in [2.05, 4.69) is 32.4 Å². The molecule has 1 atom stereocenters. The van der Waals surface area contributed by atoms with E-state index in [9.17, 15) is 0 Å². The Morgan fingerprint density at radius 2 is 1.92 bits per heavy atom. The molecule has 0 radical (unpaired) electrons. The van der Waals surface area contributed by atoms with E-state index in [1.807, 2.05) is 7.05 Å². The van der Waals surface area contributed by atoms with E-state index in [-0.39, 0.29) is 13.6 Å². The van der Waals surface area contributed by atoms with Gasteiger partial charge in [-0.1, -0.05) is 20.8 Å². The zero-order valence-electron chi connectivity index (χ0n) is 9.01. The number of hydrogen-bond acceptors (Lipinski definition) is 2. The molecule has 0 heterocycles. The molecule has 72 valence electrons. The van der Waals surface area contributed by atoms with Crippen molar-refractivity contribution in [1.82, 2.24) is 0 Å². The summed E-state index contributed by atoms with van der Waals surface area (Å²) in [5, 5.41) is 0. The first kappa shape index (κ1) is 12.1. The maximum Gasteiger partial charge on any atom is 0.0398 e. The third kappa shape index (κ3) is 4.18. The summed E-state index contributed by atoms with van der Waals surface area (Å²) < 4.78 is 5.26. The van der Waals surface area contributed by atoms with Crippen molar-refractivity contribution in [3.8, 4) is 0 Å².